The Kier molecular flexibility index (Phi) is 4.15. The van der Waals surface area contributed by atoms with Crippen LogP contribution in [-0.2, 0) is 0 Å². The molecule has 10 aromatic rings. The molecular weight excluding hydrogens is 504 g/mol. The Labute approximate surface area is 243 Å². The van der Waals surface area contributed by atoms with Crippen molar-refractivity contribution in [1.29, 1.82) is 0 Å². The van der Waals surface area contributed by atoms with E-state index in [-0.39, 0.29) is 0 Å². The second-order valence-electron chi connectivity index (χ2n) is 12.1. The zero-order valence-electron chi connectivity index (χ0n) is 23.5. The van der Waals surface area contributed by atoms with Crippen LogP contribution >= 0.6 is 0 Å². The first-order valence-corrected chi connectivity index (χ1v) is 14.9. The van der Waals surface area contributed by atoms with Crippen LogP contribution < -0.4 is 0 Å². The lowest BCUT2D eigenvalue weighted by Gasteiger charge is -2.13. The molecule has 0 amide bonds. The van der Waals surface area contributed by atoms with Crippen molar-refractivity contribution in [2.24, 2.45) is 0 Å². The molecule has 0 aromatic heterocycles. The third-order valence-corrected chi connectivity index (χ3v) is 9.99. The summed E-state index contributed by atoms with van der Waals surface area (Å²) in [5, 5.41) is 21.6. The third kappa shape index (κ3) is 2.68. The fourth-order valence-corrected chi connectivity index (χ4v) is 8.22. The number of hydrogen-bond acceptors (Lipinski definition) is 0. The molecule has 0 aliphatic rings. The van der Waals surface area contributed by atoms with Crippen LogP contribution in [0.4, 0.5) is 0 Å². The van der Waals surface area contributed by atoms with E-state index in [4.69, 9.17) is 0 Å². The second kappa shape index (κ2) is 7.75. The molecule has 0 saturated carbocycles. The van der Waals surface area contributed by atoms with Crippen molar-refractivity contribution in [1.82, 2.24) is 0 Å². The first kappa shape index (κ1) is 22.5. The summed E-state index contributed by atoms with van der Waals surface area (Å²) in [6.07, 6.45) is 0. The molecule has 0 fully saturated rings. The van der Waals surface area contributed by atoms with Gasteiger partial charge in [0.15, 0.2) is 0 Å². The Balaban J connectivity index is 1.36. The van der Waals surface area contributed by atoms with Crippen LogP contribution in [0.2, 0.25) is 0 Å². The van der Waals surface area contributed by atoms with Crippen molar-refractivity contribution < 1.29 is 0 Å². The first-order chi connectivity index (χ1) is 20.7. The molecule has 42 heavy (non-hydrogen) atoms. The van der Waals surface area contributed by atoms with Crippen LogP contribution in [0, 0.1) is 13.8 Å². The molecule has 0 aliphatic carbocycles. The highest BCUT2D eigenvalue weighted by atomic mass is 14.2. The van der Waals surface area contributed by atoms with Gasteiger partial charge in [-0.15, -0.1) is 0 Å². The summed E-state index contributed by atoms with van der Waals surface area (Å²) in [7, 11) is 0. The van der Waals surface area contributed by atoms with Gasteiger partial charge in [0.05, 0.1) is 0 Å². The van der Waals surface area contributed by atoms with Gasteiger partial charge in [-0.1, -0.05) is 103 Å². The Hall–Kier alpha value is -5.20. The number of aryl methyl sites for hydroxylation is 2. The van der Waals surface area contributed by atoms with Crippen molar-refractivity contribution in [3.63, 3.8) is 0 Å². The van der Waals surface area contributed by atoms with E-state index in [0.717, 1.165) is 0 Å². The Morgan fingerprint density at radius 2 is 0.786 bits per heavy atom. The van der Waals surface area contributed by atoms with Crippen LogP contribution in [0.15, 0.2) is 121 Å². The normalized spacial score (nSPS) is 12.5. The lowest BCUT2D eigenvalue weighted by molar-refractivity contribution is 1.39. The number of fused-ring (bicyclic) bond motifs is 10. The van der Waals surface area contributed by atoms with E-state index in [9.17, 15) is 0 Å². The zero-order chi connectivity index (χ0) is 27.7. The molecule has 0 heteroatoms. The standard InChI is InChI=1S/C42H26/c1-23-8-5-9-24(2)40(23)33-18-19-34-38-21-35-25(20-36(38)32-15-7-14-31(33)41(32)34)16-17-28-30-13-6-12-29-26-10-3-4-11-27(26)39(42(29)30)22-37(28)35/h3-22H,1-2H3. The van der Waals surface area contributed by atoms with Gasteiger partial charge in [-0.05, 0) is 140 Å². The van der Waals surface area contributed by atoms with Crippen LogP contribution in [0.1, 0.15) is 11.1 Å². The lowest BCUT2D eigenvalue weighted by atomic mass is 9.91. The van der Waals surface area contributed by atoms with Crippen LogP contribution in [0.3, 0.4) is 0 Å². The Morgan fingerprint density at radius 3 is 1.55 bits per heavy atom. The van der Waals surface area contributed by atoms with E-state index in [2.05, 4.69) is 135 Å². The minimum atomic E-state index is 1.30. The summed E-state index contributed by atoms with van der Waals surface area (Å²) >= 11 is 0. The summed E-state index contributed by atoms with van der Waals surface area (Å²) in [6.45, 7) is 4.46. The minimum Gasteiger partial charge on any atom is -0.0617 e. The molecule has 0 spiro atoms. The van der Waals surface area contributed by atoms with Gasteiger partial charge in [-0.3, -0.25) is 0 Å². The maximum atomic E-state index is 2.48. The fraction of sp³-hybridized carbons (Fsp3) is 0.0476. The molecule has 0 bridgehead atoms. The quantitative estimate of drug-likeness (QED) is 0.185. The predicted octanol–water partition coefficient (Wildman–Crippen LogP) is 12.1. The summed E-state index contributed by atoms with van der Waals surface area (Å²) in [6, 6.07) is 45.9. The molecule has 0 heterocycles. The van der Waals surface area contributed by atoms with Crippen molar-refractivity contribution in [2.45, 2.75) is 13.8 Å². The molecule has 0 saturated heterocycles. The van der Waals surface area contributed by atoms with E-state index in [1.165, 1.54) is 108 Å². The SMILES string of the molecule is Cc1cccc(C)c1-c1ccc2c3cc4c(ccc5c4cc4c6ccccc6c6cccc5c64)cc3c3cccc1c32. The molecule has 0 atom stereocenters. The monoisotopic (exact) mass is 530 g/mol. The minimum absolute atomic E-state index is 1.30. The molecule has 10 rings (SSSR count). The number of rotatable bonds is 1. The maximum Gasteiger partial charge on any atom is -0.00199 e. The zero-order valence-corrected chi connectivity index (χ0v) is 23.5. The second-order valence-corrected chi connectivity index (χ2v) is 12.1. The van der Waals surface area contributed by atoms with Crippen LogP contribution in [-0.4, -0.2) is 0 Å². The van der Waals surface area contributed by atoms with Crippen LogP contribution in [0.5, 0.6) is 0 Å². The highest BCUT2D eigenvalue weighted by Gasteiger charge is 2.19. The number of benzene rings is 8. The fourth-order valence-electron chi connectivity index (χ4n) is 8.22. The van der Waals surface area contributed by atoms with E-state index >= 15 is 0 Å². The molecule has 0 unspecified atom stereocenters. The molecule has 194 valence electrons. The number of hydrogen-bond donors (Lipinski definition) is 0. The summed E-state index contributed by atoms with van der Waals surface area (Å²) < 4.78 is 0. The third-order valence-electron chi connectivity index (χ3n) is 9.99. The molecule has 0 N–H and O–H groups in total. The molecular formula is C42H26. The van der Waals surface area contributed by atoms with E-state index < -0.39 is 0 Å². The van der Waals surface area contributed by atoms with Crippen molar-refractivity contribution >= 4 is 86.2 Å². The van der Waals surface area contributed by atoms with Crippen molar-refractivity contribution in [3.05, 3.63) is 132 Å². The highest BCUT2D eigenvalue weighted by molar-refractivity contribution is 6.38. The topological polar surface area (TPSA) is 0 Å². The van der Waals surface area contributed by atoms with E-state index in [1.807, 2.05) is 0 Å². The molecule has 0 aliphatic heterocycles. The first-order valence-electron chi connectivity index (χ1n) is 14.9. The molecule has 0 radical (unpaired) electrons. The van der Waals surface area contributed by atoms with Gasteiger partial charge in [0.25, 0.3) is 0 Å². The molecule has 10 aromatic carbocycles. The van der Waals surface area contributed by atoms with Crippen molar-refractivity contribution in [3.8, 4) is 11.1 Å². The van der Waals surface area contributed by atoms with Gasteiger partial charge in [0.2, 0.25) is 0 Å². The van der Waals surface area contributed by atoms with Crippen molar-refractivity contribution in [2.75, 3.05) is 0 Å². The Morgan fingerprint density at radius 1 is 0.310 bits per heavy atom. The Bertz CT molecular complexity index is 2720. The van der Waals surface area contributed by atoms with Gasteiger partial charge in [0.1, 0.15) is 0 Å². The lowest BCUT2D eigenvalue weighted by Crippen LogP contribution is -1.89. The van der Waals surface area contributed by atoms with Gasteiger partial charge in [0, 0.05) is 0 Å². The highest BCUT2D eigenvalue weighted by Crippen LogP contribution is 2.47. The summed E-state index contributed by atoms with van der Waals surface area (Å²) in [5.41, 5.74) is 5.35. The van der Waals surface area contributed by atoms with Gasteiger partial charge >= 0.3 is 0 Å². The molecule has 0 nitrogen and oxygen atoms in total. The van der Waals surface area contributed by atoms with Crippen LogP contribution in [0.25, 0.3) is 97.3 Å². The van der Waals surface area contributed by atoms with E-state index in [1.54, 1.807) is 0 Å². The summed E-state index contributed by atoms with van der Waals surface area (Å²) in [5.74, 6) is 0. The average Bonchev–Trinajstić information content (AvgIpc) is 3.51. The smallest absolute Gasteiger partial charge is 0.00199 e. The van der Waals surface area contributed by atoms with E-state index in [0.29, 0.717) is 0 Å². The van der Waals surface area contributed by atoms with Gasteiger partial charge < -0.3 is 0 Å². The summed E-state index contributed by atoms with van der Waals surface area (Å²) in [4.78, 5) is 0. The van der Waals surface area contributed by atoms with Gasteiger partial charge in [-0.25, -0.2) is 0 Å². The van der Waals surface area contributed by atoms with Gasteiger partial charge in [-0.2, -0.15) is 0 Å². The average molecular weight is 531 g/mol. The maximum absolute atomic E-state index is 2.48. The predicted molar refractivity (Wildman–Crippen MR) is 184 cm³/mol. The largest absolute Gasteiger partial charge is 0.0617 e.